The number of hydrogen-bond acceptors (Lipinski definition) is 1. The lowest BCUT2D eigenvalue weighted by Gasteiger charge is -2.29. The van der Waals surface area contributed by atoms with Gasteiger partial charge in [0, 0.05) is 6.42 Å². The van der Waals surface area contributed by atoms with Gasteiger partial charge in [-0.25, -0.2) is 13.2 Å². The topological polar surface area (TPSA) is 37.3 Å². The SMILES string of the molecule is O=C(O)CC1CC(F)C(F)C(F)C1. The first-order valence-corrected chi connectivity index (χ1v) is 4.14. The van der Waals surface area contributed by atoms with E-state index in [4.69, 9.17) is 5.11 Å². The molecule has 1 rings (SSSR count). The van der Waals surface area contributed by atoms with Crippen LogP contribution < -0.4 is 0 Å². The van der Waals surface area contributed by atoms with Crippen LogP contribution >= 0.6 is 0 Å². The molecule has 0 heterocycles. The molecular formula is C8H11F3O2. The minimum absolute atomic E-state index is 0.187. The minimum Gasteiger partial charge on any atom is -0.481 e. The lowest BCUT2D eigenvalue weighted by molar-refractivity contribution is -0.139. The molecule has 5 heteroatoms. The second-order valence-corrected chi connectivity index (χ2v) is 3.41. The van der Waals surface area contributed by atoms with Crippen LogP contribution in [0.5, 0.6) is 0 Å². The molecule has 1 saturated carbocycles. The number of carbonyl (C=O) groups is 1. The van der Waals surface area contributed by atoms with Crippen LogP contribution in [-0.2, 0) is 4.79 Å². The van der Waals surface area contributed by atoms with Gasteiger partial charge in [0.2, 0.25) is 0 Å². The van der Waals surface area contributed by atoms with Gasteiger partial charge in [-0.15, -0.1) is 0 Å². The Labute approximate surface area is 73.7 Å². The molecule has 0 bridgehead atoms. The van der Waals surface area contributed by atoms with Gasteiger partial charge in [0.15, 0.2) is 6.17 Å². The van der Waals surface area contributed by atoms with E-state index in [1.54, 1.807) is 0 Å². The molecule has 13 heavy (non-hydrogen) atoms. The number of hydrogen-bond donors (Lipinski definition) is 1. The molecular weight excluding hydrogens is 185 g/mol. The maximum Gasteiger partial charge on any atom is 0.303 e. The highest BCUT2D eigenvalue weighted by Gasteiger charge is 2.39. The van der Waals surface area contributed by atoms with Gasteiger partial charge in [0.25, 0.3) is 0 Å². The third-order valence-corrected chi connectivity index (χ3v) is 2.27. The van der Waals surface area contributed by atoms with E-state index in [-0.39, 0.29) is 19.3 Å². The lowest BCUT2D eigenvalue weighted by Crippen LogP contribution is -2.37. The Morgan fingerprint density at radius 2 is 1.69 bits per heavy atom. The standard InChI is InChI=1S/C8H11F3O2/c9-5-1-4(3-7(12)13)2-6(10)8(5)11/h4-6,8H,1-3H2,(H,12,13). The van der Waals surface area contributed by atoms with Crippen molar-refractivity contribution >= 4 is 5.97 Å². The molecule has 76 valence electrons. The van der Waals surface area contributed by atoms with Crippen molar-refractivity contribution in [2.24, 2.45) is 5.92 Å². The zero-order valence-corrected chi connectivity index (χ0v) is 6.92. The smallest absolute Gasteiger partial charge is 0.303 e. The molecule has 1 aliphatic carbocycles. The fourth-order valence-corrected chi connectivity index (χ4v) is 1.63. The maximum absolute atomic E-state index is 12.7. The van der Waals surface area contributed by atoms with Gasteiger partial charge in [-0.05, 0) is 18.8 Å². The predicted molar refractivity (Wildman–Crippen MR) is 39.7 cm³/mol. The second kappa shape index (κ2) is 3.98. The Balaban J connectivity index is 2.48. The Bertz CT molecular complexity index is 186. The first-order valence-electron chi connectivity index (χ1n) is 4.14. The molecule has 0 spiro atoms. The summed E-state index contributed by atoms with van der Waals surface area (Å²) in [6.45, 7) is 0. The Kier molecular flexibility index (Phi) is 3.17. The fourth-order valence-electron chi connectivity index (χ4n) is 1.63. The Morgan fingerprint density at radius 3 is 2.08 bits per heavy atom. The van der Waals surface area contributed by atoms with Crippen molar-refractivity contribution in [2.45, 2.75) is 37.8 Å². The Morgan fingerprint density at radius 1 is 1.23 bits per heavy atom. The van der Waals surface area contributed by atoms with Crippen LogP contribution in [0.2, 0.25) is 0 Å². The molecule has 2 nitrogen and oxygen atoms in total. The van der Waals surface area contributed by atoms with E-state index in [2.05, 4.69) is 0 Å². The first kappa shape index (κ1) is 10.3. The van der Waals surface area contributed by atoms with Crippen molar-refractivity contribution in [3.63, 3.8) is 0 Å². The van der Waals surface area contributed by atoms with Gasteiger partial charge in [0.1, 0.15) is 12.3 Å². The van der Waals surface area contributed by atoms with Gasteiger partial charge < -0.3 is 5.11 Å². The number of carboxylic acid groups (broad SMARTS) is 1. The lowest BCUT2D eigenvalue weighted by atomic mass is 9.83. The van der Waals surface area contributed by atoms with Crippen LogP contribution in [0.1, 0.15) is 19.3 Å². The summed E-state index contributed by atoms with van der Waals surface area (Å²) in [6, 6.07) is 0. The molecule has 0 amide bonds. The van der Waals surface area contributed by atoms with Crippen molar-refractivity contribution in [3.05, 3.63) is 0 Å². The molecule has 2 unspecified atom stereocenters. The Hall–Kier alpha value is -0.740. The number of aliphatic carboxylic acids is 1. The molecule has 1 aliphatic rings. The third-order valence-electron chi connectivity index (χ3n) is 2.27. The van der Waals surface area contributed by atoms with Gasteiger partial charge >= 0.3 is 5.97 Å². The number of rotatable bonds is 2. The predicted octanol–water partition coefficient (Wildman–Crippen LogP) is 1.89. The monoisotopic (exact) mass is 196 g/mol. The summed E-state index contributed by atoms with van der Waals surface area (Å²) in [5, 5.41) is 8.37. The van der Waals surface area contributed by atoms with Crippen molar-refractivity contribution < 1.29 is 23.1 Å². The summed E-state index contributed by atoms with van der Waals surface area (Å²) in [7, 11) is 0. The largest absolute Gasteiger partial charge is 0.481 e. The molecule has 1 N–H and O–H groups in total. The highest BCUT2D eigenvalue weighted by Crippen LogP contribution is 2.32. The summed E-state index contributed by atoms with van der Waals surface area (Å²) in [5.41, 5.74) is 0. The van der Waals surface area contributed by atoms with E-state index < -0.39 is 30.4 Å². The maximum atomic E-state index is 12.7. The van der Waals surface area contributed by atoms with E-state index in [1.165, 1.54) is 0 Å². The first-order chi connectivity index (χ1) is 6.00. The highest BCUT2D eigenvalue weighted by molar-refractivity contribution is 5.67. The molecule has 0 aliphatic heterocycles. The summed E-state index contributed by atoms with van der Waals surface area (Å²) in [4.78, 5) is 10.2. The number of alkyl halides is 3. The van der Waals surface area contributed by atoms with Crippen molar-refractivity contribution in [1.29, 1.82) is 0 Å². The van der Waals surface area contributed by atoms with Crippen molar-refractivity contribution in [3.8, 4) is 0 Å². The highest BCUT2D eigenvalue weighted by atomic mass is 19.2. The summed E-state index contributed by atoms with van der Waals surface area (Å²) < 4.78 is 38.0. The quantitative estimate of drug-likeness (QED) is 0.732. The normalized spacial score (nSPS) is 40.2. The van der Waals surface area contributed by atoms with Gasteiger partial charge in [-0.1, -0.05) is 0 Å². The van der Waals surface area contributed by atoms with E-state index in [0.717, 1.165) is 0 Å². The van der Waals surface area contributed by atoms with Crippen LogP contribution in [0.15, 0.2) is 0 Å². The number of halogens is 3. The number of carboxylic acids is 1. The zero-order chi connectivity index (χ0) is 10.0. The van der Waals surface area contributed by atoms with Crippen LogP contribution in [0, 0.1) is 5.92 Å². The van der Waals surface area contributed by atoms with E-state index in [1.807, 2.05) is 0 Å². The summed E-state index contributed by atoms with van der Waals surface area (Å²) >= 11 is 0. The van der Waals surface area contributed by atoms with Crippen LogP contribution in [0.25, 0.3) is 0 Å². The summed E-state index contributed by atoms with van der Waals surface area (Å²) in [5.74, 6) is -1.67. The van der Waals surface area contributed by atoms with Crippen molar-refractivity contribution in [2.75, 3.05) is 0 Å². The van der Waals surface area contributed by atoms with Gasteiger partial charge in [-0.2, -0.15) is 0 Å². The molecule has 0 aromatic rings. The van der Waals surface area contributed by atoms with Gasteiger partial charge in [-0.3, -0.25) is 4.79 Å². The second-order valence-electron chi connectivity index (χ2n) is 3.41. The summed E-state index contributed by atoms with van der Waals surface area (Å²) in [6.07, 6.45) is -6.44. The van der Waals surface area contributed by atoms with Crippen molar-refractivity contribution in [1.82, 2.24) is 0 Å². The average molecular weight is 196 g/mol. The fraction of sp³-hybridized carbons (Fsp3) is 0.875. The van der Waals surface area contributed by atoms with Gasteiger partial charge in [0.05, 0.1) is 0 Å². The molecule has 0 aromatic carbocycles. The molecule has 1 fully saturated rings. The van der Waals surface area contributed by atoms with E-state index in [0.29, 0.717) is 0 Å². The average Bonchev–Trinajstić information content (AvgIpc) is 1.98. The van der Waals surface area contributed by atoms with E-state index >= 15 is 0 Å². The minimum atomic E-state index is -2.08. The molecule has 0 saturated heterocycles. The van der Waals surface area contributed by atoms with Crippen LogP contribution in [0.3, 0.4) is 0 Å². The van der Waals surface area contributed by atoms with Crippen LogP contribution in [0.4, 0.5) is 13.2 Å². The third kappa shape index (κ3) is 2.60. The molecule has 0 radical (unpaired) electrons. The molecule has 0 aromatic heterocycles. The van der Waals surface area contributed by atoms with Crippen LogP contribution in [-0.4, -0.2) is 29.6 Å². The van der Waals surface area contributed by atoms with E-state index in [9.17, 15) is 18.0 Å². The zero-order valence-electron chi connectivity index (χ0n) is 6.92. The molecule has 2 atom stereocenters.